The minimum absolute atomic E-state index is 0.0578. The van der Waals surface area contributed by atoms with Gasteiger partial charge in [0.2, 0.25) is 5.91 Å². The lowest BCUT2D eigenvalue weighted by Gasteiger charge is -2.55. The molecule has 0 bridgehead atoms. The van der Waals surface area contributed by atoms with Crippen LogP contribution in [0.5, 0.6) is 0 Å². The summed E-state index contributed by atoms with van der Waals surface area (Å²) in [6.07, 6.45) is 9.77. The van der Waals surface area contributed by atoms with Gasteiger partial charge in [-0.2, -0.15) is 0 Å². The van der Waals surface area contributed by atoms with E-state index in [9.17, 15) is 4.79 Å². The Morgan fingerprint density at radius 2 is 1.59 bits per heavy atom. The Morgan fingerprint density at radius 1 is 1.00 bits per heavy atom. The monoisotopic (exact) mass is 307 g/mol. The molecule has 0 aromatic heterocycles. The Morgan fingerprint density at radius 3 is 2.18 bits per heavy atom. The van der Waals surface area contributed by atoms with E-state index in [0.717, 1.165) is 39.0 Å². The molecule has 4 heteroatoms. The molecule has 1 heterocycles. The fraction of sp³-hybridized carbons (Fsp3) is 0.944. The van der Waals surface area contributed by atoms with Crippen molar-refractivity contribution in [3.8, 4) is 0 Å². The van der Waals surface area contributed by atoms with Crippen LogP contribution in [0.1, 0.15) is 58.3 Å². The first-order valence-electron chi connectivity index (χ1n) is 9.22. The van der Waals surface area contributed by atoms with Crippen molar-refractivity contribution >= 4 is 5.91 Å². The van der Waals surface area contributed by atoms with Crippen molar-refractivity contribution in [1.29, 1.82) is 0 Å². The van der Waals surface area contributed by atoms with Crippen molar-refractivity contribution in [2.75, 3.05) is 33.2 Å². The van der Waals surface area contributed by atoms with Gasteiger partial charge in [0.15, 0.2) is 0 Å². The Kier molecular flexibility index (Phi) is 4.52. The number of carbonyl (C=O) groups excluding carboxylic acids is 1. The van der Waals surface area contributed by atoms with Crippen LogP contribution in [0.25, 0.3) is 0 Å². The molecule has 0 aromatic carbocycles. The molecule has 1 aliphatic heterocycles. The zero-order valence-corrected chi connectivity index (χ0v) is 14.4. The molecule has 2 aliphatic carbocycles. The van der Waals surface area contributed by atoms with Crippen LogP contribution in [-0.4, -0.2) is 54.5 Å². The van der Waals surface area contributed by atoms with E-state index in [1.165, 1.54) is 38.5 Å². The van der Waals surface area contributed by atoms with Crippen LogP contribution >= 0.6 is 0 Å². The standard InChI is InChI=1S/C18H33N3O/c1-17(16(19)22)8-4-3-7-15(17)18(9-5-6-10-18)21-13-11-20(2)12-14-21/h15H,3-14H2,1-2H3,(H2,19,22). The van der Waals surface area contributed by atoms with Crippen molar-refractivity contribution in [1.82, 2.24) is 9.80 Å². The maximum absolute atomic E-state index is 12.3. The molecular weight excluding hydrogens is 274 g/mol. The molecule has 0 aromatic rings. The number of nitrogens with zero attached hydrogens (tertiary/aromatic N) is 2. The first kappa shape index (κ1) is 16.3. The van der Waals surface area contributed by atoms with Gasteiger partial charge in [-0.15, -0.1) is 0 Å². The number of piperazine rings is 1. The number of amides is 1. The summed E-state index contributed by atoms with van der Waals surface area (Å²) in [5.74, 6) is 0.398. The van der Waals surface area contributed by atoms with Crippen molar-refractivity contribution < 1.29 is 4.79 Å². The van der Waals surface area contributed by atoms with Gasteiger partial charge in [0.05, 0.1) is 5.41 Å². The summed E-state index contributed by atoms with van der Waals surface area (Å²) in [6.45, 7) is 6.78. The average Bonchev–Trinajstić information content (AvgIpc) is 2.99. The average molecular weight is 307 g/mol. The highest BCUT2D eigenvalue weighted by atomic mass is 16.1. The van der Waals surface area contributed by atoms with Gasteiger partial charge in [-0.25, -0.2) is 0 Å². The third-order valence-electron chi connectivity index (χ3n) is 7.02. The maximum Gasteiger partial charge on any atom is 0.223 e. The summed E-state index contributed by atoms with van der Waals surface area (Å²) in [7, 11) is 2.22. The van der Waals surface area contributed by atoms with E-state index in [0.29, 0.717) is 5.92 Å². The Labute approximate surface area is 135 Å². The van der Waals surface area contributed by atoms with Crippen LogP contribution < -0.4 is 5.73 Å². The number of primary amides is 1. The zero-order valence-electron chi connectivity index (χ0n) is 14.4. The lowest BCUT2D eigenvalue weighted by Crippen LogP contribution is -2.63. The Bertz CT molecular complexity index is 411. The first-order chi connectivity index (χ1) is 10.5. The highest BCUT2D eigenvalue weighted by Crippen LogP contribution is 2.54. The second-order valence-corrected chi connectivity index (χ2v) is 8.18. The van der Waals surface area contributed by atoms with E-state index in [4.69, 9.17) is 5.73 Å². The number of hydrogen-bond donors (Lipinski definition) is 1. The Hall–Kier alpha value is -0.610. The smallest absolute Gasteiger partial charge is 0.223 e. The quantitative estimate of drug-likeness (QED) is 0.870. The molecule has 3 aliphatic rings. The van der Waals surface area contributed by atoms with Gasteiger partial charge in [-0.05, 0) is 38.6 Å². The number of nitrogens with two attached hydrogens (primary N) is 1. The van der Waals surface area contributed by atoms with Gasteiger partial charge in [0.25, 0.3) is 0 Å². The molecule has 0 radical (unpaired) electrons. The van der Waals surface area contributed by atoms with Gasteiger partial charge < -0.3 is 10.6 Å². The van der Waals surface area contributed by atoms with E-state index in [2.05, 4.69) is 23.8 Å². The first-order valence-corrected chi connectivity index (χ1v) is 9.22. The second-order valence-electron chi connectivity index (χ2n) is 8.18. The van der Waals surface area contributed by atoms with Crippen LogP contribution in [0.3, 0.4) is 0 Å². The topological polar surface area (TPSA) is 49.6 Å². The maximum atomic E-state index is 12.3. The molecule has 22 heavy (non-hydrogen) atoms. The molecule has 2 atom stereocenters. The van der Waals surface area contributed by atoms with Crippen molar-refractivity contribution in [2.24, 2.45) is 17.1 Å². The van der Waals surface area contributed by atoms with Crippen LogP contribution in [0.2, 0.25) is 0 Å². The van der Waals surface area contributed by atoms with Gasteiger partial charge in [0.1, 0.15) is 0 Å². The highest BCUT2D eigenvalue weighted by Gasteiger charge is 2.55. The van der Waals surface area contributed by atoms with Crippen molar-refractivity contribution in [2.45, 2.75) is 63.8 Å². The molecule has 1 saturated heterocycles. The molecule has 126 valence electrons. The van der Waals surface area contributed by atoms with E-state index in [1.807, 2.05) is 0 Å². The molecule has 4 nitrogen and oxygen atoms in total. The molecule has 2 N–H and O–H groups in total. The number of likely N-dealkylation sites (N-methyl/N-ethyl adjacent to an activating group) is 1. The van der Waals surface area contributed by atoms with Crippen molar-refractivity contribution in [3.05, 3.63) is 0 Å². The van der Waals surface area contributed by atoms with E-state index >= 15 is 0 Å². The molecular formula is C18H33N3O. The minimum atomic E-state index is -0.300. The lowest BCUT2D eigenvalue weighted by atomic mass is 9.58. The third-order valence-corrected chi connectivity index (χ3v) is 7.02. The number of hydrogen-bond acceptors (Lipinski definition) is 3. The predicted molar refractivity (Wildman–Crippen MR) is 89.5 cm³/mol. The van der Waals surface area contributed by atoms with E-state index < -0.39 is 0 Å². The summed E-state index contributed by atoms with van der Waals surface area (Å²) in [6, 6.07) is 0. The van der Waals surface area contributed by atoms with Crippen molar-refractivity contribution in [3.63, 3.8) is 0 Å². The molecule has 2 saturated carbocycles. The fourth-order valence-corrected chi connectivity index (χ4v) is 5.61. The number of rotatable bonds is 3. The second kappa shape index (κ2) is 6.12. The minimum Gasteiger partial charge on any atom is -0.369 e. The number of carbonyl (C=O) groups is 1. The highest BCUT2D eigenvalue weighted by molar-refractivity contribution is 5.81. The SMILES string of the molecule is CN1CCN(C2(C3CCCCC3(C)C(N)=O)CCCC2)CC1. The molecule has 0 spiro atoms. The summed E-state index contributed by atoms with van der Waals surface area (Å²) < 4.78 is 0. The zero-order chi connectivity index (χ0) is 15.8. The van der Waals surface area contributed by atoms with Crippen LogP contribution in [0.4, 0.5) is 0 Å². The summed E-state index contributed by atoms with van der Waals surface area (Å²) >= 11 is 0. The largest absolute Gasteiger partial charge is 0.369 e. The van der Waals surface area contributed by atoms with Gasteiger partial charge in [-0.1, -0.05) is 32.6 Å². The van der Waals surface area contributed by atoms with Crippen LogP contribution in [0.15, 0.2) is 0 Å². The van der Waals surface area contributed by atoms with Gasteiger partial charge in [-0.3, -0.25) is 9.69 Å². The van der Waals surface area contributed by atoms with Gasteiger partial charge >= 0.3 is 0 Å². The normalized spacial score (nSPS) is 37.3. The summed E-state index contributed by atoms with van der Waals surface area (Å²) in [5.41, 5.74) is 5.85. The molecule has 3 fully saturated rings. The van der Waals surface area contributed by atoms with E-state index in [-0.39, 0.29) is 16.9 Å². The van der Waals surface area contributed by atoms with E-state index in [1.54, 1.807) is 0 Å². The van der Waals surface area contributed by atoms with Crippen LogP contribution in [-0.2, 0) is 4.79 Å². The Balaban J connectivity index is 1.90. The predicted octanol–water partition coefficient (Wildman–Crippen LogP) is 2.23. The third kappa shape index (κ3) is 2.58. The van der Waals surface area contributed by atoms with Crippen LogP contribution in [0, 0.1) is 11.3 Å². The summed E-state index contributed by atoms with van der Waals surface area (Å²) in [5, 5.41) is 0. The molecule has 2 unspecified atom stereocenters. The molecule has 3 rings (SSSR count). The molecule has 1 amide bonds. The fourth-order valence-electron chi connectivity index (χ4n) is 5.61. The van der Waals surface area contributed by atoms with Gasteiger partial charge in [0, 0.05) is 31.7 Å². The summed E-state index contributed by atoms with van der Waals surface area (Å²) in [4.78, 5) is 17.5. The lowest BCUT2D eigenvalue weighted by molar-refractivity contribution is -0.140.